The average Bonchev–Trinajstić information content (AvgIpc) is 3.08. The molecule has 0 aliphatic carbocycles. The molecule has 296 valence electrons. The Labute approximate surface area is 316 Å². The molecule has 5 amide bonds. The summed E-state index contributed by atoms with van der Waals surface area (Å²) < 4.78 is 5.12. The van der Waals surface area contributed by atoms with Crippen LogP contribution in [0.4, 0.5) is 16.2 Å². The highest BCUT2D eigenvalue weighted by Crippen LogP contribution is 2.19. The van der Waals surface area contributed by atoms with E-state index >= 15 is 0 Å². The predicted octanol–water partition coefficient (Wildman–Crippen LogP) is 2.61. The van der Waals surface area contributed by atoms with Crippen molar-refractivity contribution in [2.45, 2.75) is 72.0 Å². The van der Waals surface area contributed by atoms with Crippen LogP contribution in [0.1, 0.15) is 53.0 Å². The molecule has 1 aliphatic heterocycles. The van der Waals surface area contributed by atoms with Crippen LogP contribution in [0.15, 0.2) is 48.5 Å². The highest BCUT2D eigenvalue weighted by molar-refractivity contribution is 5.99. The first kappa shape index (κ1) is 43.2. The third-order valence-corrected chi connectivity index (χ3v) is 8.57. The summed E-state index contributed by atoms with van der Waals surface area (Å²) in [6.45, 7) is 11.3. The number of rotatable bonds is 18. The van der Waals surface area contributed by atoms with Gasteiger partial charge in [-0.05, 0) is 59.7 Å². The van der Waals surface area contributed by atoms with Gasteiger partial charge in [0.2, 0.25) is 17.7 Å². The van der Waals surface area contributed by atoms with Gasteiger partial charge in [0.05, 0.1) is 13.5 Å². The molecule has 1 saturated heterocycles. The van der Waals surface area contributed by atoms with Crippen LogP contribution in [0, 0.1) is 11.3 Å². The van der Waals surface area contributed by atoms with E-state index < -0.39 is 47.9 Å². The van der Waals surface area contributed by atoms with Crippen LogP contribution in [0.2, 0.25) is 0 Å². The highest BCUT2D eigenvalue weighted by Gasteiger charge is 2.31. The van der Waals surface area contributed by atoms with Crippen molar-refractivity contribution in [3.8, 4) is 5.75 Å². The van der Waals surface area contributed by atoms with Gasteiger partial charge in [-0.2, -0.15) is 0 Å². The maximum atomic E-state index is 13.4. The maximum absolute atomic E-state index is 13.4. The molecule has 1 heterocycles. The Bertz CT molecular complexity index is 1590. The van der Waals surface area contributed by atoms with E-state index in [1.54, 1.807) is 55.6 Å². The van der Waals surface area contributed by atoms with Gasteiger partial charge in [-0.25, -0.2) is 14.4 Å². The molecule has 3 rings (SSSR count). The van der Waals surface area contributed by atoms with Crippen LogP contribution in [0.3, 0.4) is 0 Å². The van der Waals surface area contributed by atoms with Gasteiger partial charge in [0, 0.05) is 57.1 Å². The molecular formula is C38H55N7O9. The van der Waals surface area contributed by atoms with Gasteiger partial charge in [-0.15, -0.1) is 0 Å². The molecule has 1 aliphatic rings. The van der Waals surface area contributed by atoms with Crippen molar-refractivity contribution < 1.29 is 43.7 Å². The fraction of sp³-hybridized carbons (Fsp3) is 0.526. The molecule has 54 heavy (non-hydrogen) atoms. The number of ether oxygens (including phenoxy) is 1. The molecule has 0 radical (unpaired) electrons. The molecule has 7 N–H and O–H groups in total. The summed E-state index contributed by atoms with van der Waals surface area (Å²) in [5.74, 6) is -3.05. The topological polar surface area (TPSA) is 219 Å². The van der Waals surface area contributed by atoms with Crippen LogP contribution in [0.5, 0.6) is 5.75 Å². The van der Waals surface area contributed by atoms with Crippen LogP contribution in [0.25, 0.3) is 0 Å². The standard InChI is InChI=1S/C38H55N7O9/c1-24(2)19-29(41-32(46)20-25-7-9-26(10-8-25)39-37(53)40-27-11-13-28(54-6)14-12-27)34(48)43-31(36(51)52)23-45-17-15-44(16-18-45)22-30(35(49)50)42-33(47)21-38(3,4)5/h7-14,24,29-31H,15-23H2,1-6H3,(H,41,46)(H,42,47)(H,43,48)(H,49,50)(H,51,52)(H2,39,40,53). The zero-order valence-corrected chi connectivity index (χ0v) is 31.9. The summed E-state index contributed by atoms with van der Waals surface area (Å²) in [4.78, 5) is 79.1. The second kappa shape index (κ2) is 20.3. The van der Waals surface area contributed by atoms with Crippen molar-refractivity contribution >= 4 is 47.1 Å². The van der Waals surface area contributed by atoms with E-state index in [1.165, 1.54) is 0 Å². The number of carbonyl (C=O) groups excluding carboxylic acids is 4. The van der Waals surface area contributed by atoms with Crippen molar-refractivity contribution in [1.29, 1.82) is 0 Å². The number of amides is 5. The van der Waals surface area contributed by atoms with Gasteiger partial charge in [-0.3, -0.25) is 24.2 Å². The number of carboxylic acid groups (broad SMARTS) is 2. The summed E-state index contributed by atoms with van der Waals surface area (Å²) in [6.07, 6.45) is 0.428. The number of nitrogens with one attached hydrogen (secondary N) is 5. The number of nitrogens with zero attached hydrogens (tertiary/aromatic N) is 2. The molecule has 0 aromatic heterocycles. The minimum atomic E-state index is -1.25. The number of piperazine rings is 1. The lowest BCUT2D eigenvalue weighted by Gasteiger charge is -2.37. The number of hydrogen-bond acceptors (Lipinski definition) is 9. The fourth-order valence-electron chi connectivity index (χ4n) is 5.85. The van der Waals surface area contributed by atoms with Crippen molar-refractivity contribution in [3.05, 3.63) is 54.1 Å². The molecule has 0 bridgehead atoms. The third-order valence-electron chi connectivity index (χ3n) is 8.57. The lowest BCUT2D eigenvalue weighted by atomic mass is 9.92. The summed E-state index contributed by atoms with van der Waals surface area (Å²) >= 11 is 0. The van der Waals surface area contributed by atoms with Crippen molar-refractivity contribution in [2.75, 3.05) is 57.0 Å². The zero-order chi connectivity index (χ0) is 40.0. The molecule has 2 aromatic carbocycles. The number of carbonyl (C=O) groups is 6. The molecule has 1 fully saturated rings. The molecule has 0 spiro atoms. The number of urea groups is 1. The van der Waals surface area contributed by atoms with E-state index in [0.29, 0.717) is 48.9 Å². The summed E-state index contributed by atoms with van der Waals surface area (Å²) in [5, 5.41) is 33.1. The molecule has 16 nitrogen and oxygen atoms in total. The average molecular weight is 754 g/mol. The number of benzene rings is 2. The number of carboxylic acids is 2. The zero-order valence-electron chi connectivity index (χ0n) is 31.9. The Hall–Kier alpha value is -5.22. The van der Waals surface area contributed by atoms with Gasteiger partial charge in [0.1, 0.15) is 23.9 Å². The quantitative estimate of drug-likeness (QED) is 0.117. The van der Waals surface area contributed by atoms with Crippen LogP contribution in [-0.4, -0.2) is 120 Å². The lowest BCUT2D eigenvalue weighted by Crippen LogP contribution is -2.58. The number of hydrogen-bond donors (Lipinski definition) is 7. The molecule has 3 atom stereocenters. The van der Waals surface area contributed by atoms with E-state index in [2.05, 4.69) is 26.6 Å². The number of methoxy groups -OCH3 is 1. The van der Waals surface area contributed by atoms with E-state index in [9.17, 15) is 39.0 Å². The van der Waals surface area contributed by atoms with Crippen molar-refractivity contribution in [1.82, 2.24) is 25.8 Å². The summed E-state index contributed by atoms with van der Waals surface area (Å²) in [5.41, 5.74) is 1.44. The summed E-state index contributed by atoms with van der Waals surface area (Å²) in [6, 6.07) is 9.80. The lowest BCUT2D eigenvalue weighted by molar-refractivity contribution is -0.143. The number of anilines is 2. The Balaban J connectivity index is 1.50. The second-order valence-electron chi connectivity index (χ2n) is 15.1. The Morgan fingerprint density at radius 1 is 0.704 bits per heavy atom. The van der Waals surface area contributed by atoms with Gasteiger partial charge >= 0.3 is 18.0 Å². The van der Waals surface area contributed by atoms with Gasteiger partial charge in [-0.1, -0.05) is 46.8 Å². The fourth-order valence-corrected chi connectivity index (χ4v) is 5.85. The molecular weight excluding hydrogens is 698 g/mol. The van der Waals surface area contributed by atoms with Gasteiger partial charge in [0.25, 0.3) is 0 Å². The molecule has 2 aromatic rings. The molecule has 0 saturated carbocycles. The monoisotopic (exact) mass is 753 g/mol. The van der Waals surface area contributed by atoms with E-state index in [1.807, 2.05) is 44.4 Å². The first-order valence-electron chi connectivity index (χ1n) is 18.0. The number of aliphatic carboxylic acids is 2. The minimum absolute atomic E-state index is 0.0136. The first-order valence-corrected chi connectivity index (χ1v) is 18.0. The largest absolute Gasteiger partial charge is 0.497 e. The maximum Gasteiger partial charge on any atom is 0.327 e. The Morgan fingerprint density at radius 3 is 1.61 bits per heavy atom. The smallest absolute Gasteiger partial charge is 0.327 e. The minimum Gasteiger partial charge on any atom is -0.497 e. The van der Waals surface area contributed by atoms with E-state index in [-0.39, 0.29) is 49.6 Å². The third kappa shape index (κ3) is 15.4. The Kier molecular flexibility index (Phi) is 16.2. The van der Waals surface area contributed by atoms with Crippen LogP contribution >= 0.6 is 0 Å². The van der Waals surface area contributed by atoms with Crippen LogP contribution in [-0.2, 0) is 30.4 Å². The van der Waals surface area contributed by atoms with E-state index in [4.69, 9.17) is 4.74 Å². The SMILES string of the molecule is COc1ccc(NC(=O)Nc2ccc(CC(=O)NC(CC(C)C)C(=O)NC(CN3CCN(CC(NC(=O)CC(C)(C)C)C(=O)O)CC3)C(=O)O)cc2)cc1. The highest BCUT2D eigenvalue weighted by atomic mass is 16.5. The second-order valence-corrected chi connectivity index (χ2v) is 15.1. The van der Waals surface area contributed by atoms with E-state index in [0.717, 1.165) is 0 Å². The van der Waals surface area contributed by atoms with Crippen molar-refractivity contribution in [2.24, 2.45) is 11.3 Å². The molecule has 16 heteroatoms. The first-order chi connectivity index (χ1) is 25.4. The molecule has 3 unspecified atom stereocenters. The van der Waals surface area contributed by atoms with Gasteiger partial charge in [0.15, 0.2) is 0 Å². The van der Waals surface area contributed by atoms with Crippen molar-refractivity contribution in [3.63, 3.8) is 0 Å². The van der Waals surface area contributed by atoms with Crippen LogP contribution < -0.4 is 31.3 Å². The summed E-state index contributed by atoms with van der Waals surface area (Å²) in [7, 11) is 1.55. The normalized spacial score (nSPS) is 15.3. The van der Waals surface area contributed by atoms with Gasteiger partial charge < -0.3 is 41.5 Å². The Morgan fingerprint density at radius 2 is 1.17 bits per heavy atom. The predicted molar refractivity (Wildman–Crippen MR) is 203 cm³/mol.